The van der Waals surface area contributed by atoms with Crippen molar-refractivity contribution < 1.29 is 21.6 Å². The Morgan fingerprint density at radius 3 is 2.25 bits per heavy atom. The maximum Gasteiger partial charge on any atom is 0.446 e. The molecule has 0 atom stereocenters. The van der Waals surface area contributed by atoms with Crippen molar-refractivity contribution >= 4 is 33.1 Å². The molecule has 5 rings (SSSR count). The van der Waals surface area contributed by atoms with E-state index in [2.05, 4.69) is 40.8 Å². The van der Waals surface area contributed by atoms with Crippen LogP contribution in [0.5, 0.6) is 0 Å². The zero-order valence-corrected chi connectivity index (χ0v) is 24.1. The number of nitrogens with zero attached hydrogens (tertiary/aromatic N) is 3. The summed E-state index contributed by atoms with van der Waals surface area (Å²) in [7, 11) is -3.65. The fourth-order valence-corrected chi connectivity index (χ4v) is 7.07. The zero-order valence-electron chi connectivity index (χ0n) is 22.4. The van der Waals surface area contributed by atoms with Gasteiger partial charge in [-0.15, -0.1) is 0 Å². The average Bonchev–Trinajstić information content (AvgIpc) is 3.35. The van der Waals surface area contributed by atoms with Gasteiger partial charge in [0.2, 0.25) is 10.0 Å². The highest BCUT2D eigenvalue weighted by Crippen LogP contribution is 2.37. The molecule has 0 unspecified atom stereocenters. The van der Waals surface area contributed by atoms with Crippen LogP contribution in [0.3, 0.4) is 0 Å². The number of thioether (sulfide) groups is 1. The van der Waals surface area contributed by atoms with Gasteiger partial charge in [-0.1, -0.05) is 26.0 Å². The van der Waals surface area contributed by atoms with Gasteiger partial charge in [0.15, 0.2) is 0 Å². The van der Waals surface area contributed by atoms with Crippen LogP contribution in [0.4, 0.5) is 18.9 Å². The van der Waals surface area contributed by atoms with Gasteiger partial charge in [-0.2, -0.15) is 17.5 Å². The van der Waals surface area contributed by atoms with Crippen LogP contribution in [-0.4, -0.2) is 46.7 Å². The Balaban J connectivity index is 1.24. The number of piperidine rings is 1. The molecule has 6 nitrogen and oxygen atoms in total. The second kappa shape index (κ2) is 11.1. The van der Waals surface area contributed by atoms with Crippen LogP contribution in [0, 0.1) is 6.92 Å². The molecule has 1 fully saturated rings. The van der Waals surface area contributed by atoms with Gasteiger partial charge in [-0.05, 0) is 96.6 Å². The van der Waals surface area contributed by atoms with E-state index >= 15 is 0 Å². The summed E-state index contributed by atoms with van der Waals surface area (Å²) in [5.41, 5.74) is 1.40. The standard InChI is InChI=1S/C29H31F3N4O2S2/c1-19(2)27-17-33-28-20(3)16-22(18-36(27)28)21-4-10-26(11-5-21)40(37,38)35-14-12-24(13-15-35)34-23-6-8-25(9-7-23)39-29(30,31)32/h4-11,16-19,24,34H,12-15H2,1-3H3. The van der Waals surface area contributed by atoms with Gasteiger partial charge in [0.05, 0.1) is 4.90 Å². The summed E-state index contributed by atoms with van der Waals surface area (Å²) in [6, 6.07) is 15.2. The largest absolute Gasteiger partial charge is 0.446 e. The molecule has 0 radical (unpaired) electrons. The Hall–Kier alpha value is -3.02. The Morgan fingerprint density at radius 1 is 1.00 bits per heavy atom. The highest BCUT2D eigenvalue weighted by Gasteiger charge is 2.30. The van der Waals surface area contributed by atoms with Crippen molar-refractivity contribution in [2.24, 2.45) is 0 Å². The van der Waals surface area contributed by atoms with Gasteiger partial charge >= 0.3 is 5.51 Å². The van der Waals surface area contributed by atoms with E-state index in [0.29, 0.717) is 37.5 Å². The minimum Gasteiger partial charge on any atom is -0.382 e. The van der Waals surface area contributed by atoms with Crippen LogP contribution in [0.2, 0.25) is 0 Å². The Morgan fingerprint density at radius 2 is 1.65 bits per heavy atom. The molecular weight excluding hydrogens is 557 g/mol. The summed E-state index contributed by atoms with van der Waals surface area (Å²) in [4.78, 5) is 4.93. The molecule has 1 N–H and O–H groups in total. The summed E-state index contributed by atoms with van der Waals surface area (Å²) in [6.45, 7) is 7.00. The topological polar surface area (TPSA) is 66.7 Å². The molecule has 0 bridgehead atoms. The number of alkyl halides is 3. The van der Waals surface area contributed by atoms with Crippen LogP contribution in [-0.2, 0) is 10.0 Å². The normalized spacial score (nSPS) is 15.7. The maximum atomic E-state index is 13.4. The quantitative estimate of drug-likeness (QED) is 0.229. The maximum absolute atomic E-state index is 13.4. The van der Waals surface area contributed by atoms with Gasteiger partial charge < -0.3 is 9.72 Å². The number of benzene rings is 2. The van der Waals surface area contributed by atoms with Crippen molar-refractivity contribution in [3.63, 3.8) is 0 Å². The van der Waals surface area contributed by atoms with E-state index in [0.717, 1.165) is 28.0 Å². The minimum absolute atomic E-state index is 0.0343. The van der Waals surface area contributed by atoms with Crippen molar-refractivity contribution in [1.82, 2.24) is 13.7 Å². The van der Waals surface area contributed by atoms with E-state index in [1.807, 2.05) is 25.3 Å². The van der Waals surface area contributed by atoms with E-state index in [9.17, 15) is 21.6 Å². The summed E-state index contributed by atoms with van der Waals surface area (Å²) >= 11 is -0.146. The number of pyridine rings is 1. The monoisotopic (exact) mass is 588 g/mol. The third-order valence-corrected chi connectivity index (χ3v) is 9.80. The van der Waals surface area contributed by atoms with Crippen LogP contribution in [0.25, 0.3) is 16.8 Å². The molecule has 0 saturated carbocycles. The van der Waals surface area contributed by atoms with Crippen molar-refractivity contribution in [1.29, 1.82) is 0 Å². The number of fused-ring (bicyclic) bond motifs is 1. The smallest absolute Gasteiger partial charge is 0.382 e. The minimum atomic E-state index is -4.32. The first-order valence-electron chi connectivity index (χ1n) is 13.1. The number of rotatable bonds is 7. The molecule has 1 aliphatic heterocycles. The summed E-state index contributed by atoms with van der Waals surface area (Å²) in [5.74, 6) is 0.319. The molecule has 1 aliphatic rings. The number of anilines is 1. The van der Waals surface area contributed by atoms with E-state index in [1.54, 1.807) is 24.3 Å². The number of hydrogen-bond acceptors (Lipinski definition) is 5. The lowest BCUT2D eigenvalue weighted by Gasteiger charge is -2.32. The molecule has 3 heterocycles. The van der Waals surface area contributed by atoms with Gasteiger partial charge in [0, 0.05) is 47.8 Å². The number of imidazole rings is 1. The molecule has 2 aromatic carbocycles. The third-order valence-electron chi connectivity index (χ3n) is 7.15. The van der Waals surface area contributed by atoms with Crippen molar-refractivity contribution in [2.75, 3.05) is 18.4 Å². The number of hydrogen-bond donors (Lipinski definition) is 1. The van der Waals surface area contributed by atoms with Gasteiger partial charge in [0.25, 0.3) is 0 Å². The highest BCUT2D eigenvalue weighted by molar-refractivity contribution is 8.00. The lowest BCUT2D eigenvalue weighted by Crippen LogP contribution is -2.42. The van der Waals surface area contributed by atoms with Crippen LogP contribution in [0.1, 0.15) is 43.9 Å². The third kappa shape index (κ3) is 6.16. The number of aryl methyl sites for hydroxylation is 1. The van der Waals surface area contributed by atoms with Crippen LogP contribution >= 0.6 is 11.8 Å². The molecule has 2 aromatic heterocycles. The first-order valence-corrected chi connectivity index (χ1v) is 15.4. The number of sulfonamides is 1. The van der Waals surface area contributed by atoms with Crippen LogP contribution in [0.15, 0.2) is 76.8 Å². The fraction of sp³-hybridized carbons (Fsp3) is 0.345. The molecular formula is C29H31F3N4O2S2. The molecule has 0 aliphatic carbocycles. The summed E-state index contributed by atoms with van der Waals surface area (Å²) < 4.78 is 68.0. The molecule has 1 saturated heterocycles. The van der Waals surface area contributed by atoms with Crippen molar-refractivity contribution in [3.05, 3.63) is 78.2 Å². The van der Waals surface area contributed by atoms with E-state index in [-0.39, 0.29) is 27.6 Å². The average molecular weight is 589 g/mol. The second-order valence-electron chi connectivity index (χ2n) is 10.4. The predicted octanol–water partition coefficient (Wildman–Crippen LogP) is 7.31. The Kier molecular flexibility index (Phi) is 7.91. The first kappa shape index (κ1) is 28.5. The van der Waals surface area contributed by atoms with Crippen molar-refractivity contribution in [3.8, 4) is 11.1 Å². The molecule has 0 spiro atoms. The lowest BCUT2D eigenvalue weighted by atomic mass is 10.1. The Bertz CT molecular complexity index is 1590. The van der Waals surface area contributed by atoms with E-state index < -0.39 is 15.5 Å². The highest BCUT2D eigenvalue weighted by atomic mass is 32.2. The molecule has 0 amide bonds. The SMILES string of the molecule is Cc1cc(-c2ccc(S(=O)(=O)N3CCC(Nc4ccc(SC(F)(F)F)cc4)CC3)cc2)cn2c(C(C)C)cnc12. The molecule has 4 aromatic rings. The van der Waals surface area contributed by atoms with Crippen LogP contribution < -0.4 is 5.32 Å². The van der Waals surface area contributed by atoms with Crippen molar-refractivity contribution in [2.45, 2.75) is 60.9 Å². The van der Waals surface area contributed by atoms with E-state index in [1.165, 1.54) is 16.4 Å². The first-order chi connectivity index (χ1) is 18.9. The number of halogens is 3. The lowest BCUT2D eigenvalue weighted by molar-refractivity contribution is -0.0328. The van der Waals surface area contributed by atoms with E-state index in [4.69, 9.17) is 0 Å². The second-order valence-corrected chi connectivity index (χ2v) is 13.4. The Labute approximate surface area is 236 Å². The van der Waals surface area contributed by atoms with Gasteiger partial charge in [0.1, 0.15) is 5.65 Å². The predicted molar refractivity (Wildman–Crippen MR) is 153 cm³/mol. The molecule has 212 valence electrons. The number of nitrogens with one attached hydrogen (secondary N) is 1. The molecule has 40 heavy (non-hydrogen) atoms. The summed E-state index contributed by atoms with van der Waals surface area (Å²) in [5, 5.41) is 3.32. The number of aromatic nitrogens is 2. The fourth-order valence-electron chi connectivity index (χ4n) is 5.06. The van der Waals surface area contributed by atoms with Gasteiger partial charge in [-0.25, -0.2) is 13.4 Å². The molecule has 11 heteroatoms. The van der Waals surface area contributed by atoms with Gasteiger partial charge in [-0.3, -0.25) is 0 Å². The zero-order chi connectivity index (χ0) is 28.7. The summed E-state index contributed by atoms with van der Waals surface area (Å²) in [6.07, 6.45) is 5.14.